The van der Waals surface area contributed by atoms with Gasteiger partial charge in [0.05, 0.1) is 32.3 Å². The van der Waals surface area contributed by atoms with Gasteiger partial charge >= 0.3 is 6.01 Å². The van der Waals surface area contributed by atoms with Crippen LogP contribution >= 0.6 is 22.9 Å². The van der Waals surface area contributed by atoms with Gasteiger partial charge in [0, 0.05) is 36.0 Å². The van der Waals surface area contributed by atoms with Gasteiger partial charge in [-0.1, -0.05) is 17.7 Å². The number of nitrogens with two attached hydrogens (primary N) is 1. The van der Waals surface area contributed by atoms with Crippen LogP contribution in [-0.4, -0.2) is 63.9 Å². The van der Waals surface area contributed by atoms with E-state index in [9.17, 15) is 19.1 Å². The van der Waals surface area contributed by atoms with Crippen LogP contribution in [0, 0.1) is 23.0 Å². The molecule has 0 amide bonds. The Morgan fingerprint density at radius 2 is 2.02 bits per heavy atom. The predicted molar refractivity (Wildman–Crippen MR) is 174 cm³/mol. The number of ether oxygens (including phenoxy) is 1. The molecule has 5 heterocycles. The molecule has 0 radical (unpaired) electrons. The van der Waals surface area contributed by atoms with Crippen LogP contribution in [0.4, 0.5) is 24.0 Å². The first-order valence-electron chi connectivity index (χ1n) is 15.2. The molecule has 0 bridgehead atoms. The van der Waals surface area contributed by atoms with Crippen molar-refractivity contribution in [3.05, 3.63) is 51.8 Å². The molecular formula is C33H32ClF3N6O2S. The third kappa shape index (κ3) is 5.04. The number of aromatic nitrogens is 2. The molecule has 2 atom stereocenters. The van der Waals surface area contributed by atoms with Crippen LogP contribution < -0.4 is 15.4 Å². The molecule has 1 unspecified atom stereocenters. The van der Waals surface area contributed by atoms with Gasteiger partial charge in [0.15, 0.2) is 5.82 Å². The van der Waals surface area contributed by atoms with E-state index in [0.29, 0.717) is 43.6 Å². The number of hydrogen-bond acceptors (Lipinski definition) is 9. The number of nitrogen functional groups attached to an aromatic ring is 1. The first-order chi connectivity index (χ1) is 21.9. The fourth-order valence-electron chi connectivity index (χ4n) is 7.39. The van der Waals surface area contributed by atoms with Crippen molar-refractivity contribution in [2.75, 3.05) is 43.4 Å². The summed E-state index contributed by atoms with van der Waals surface area (Å²) >= 11 is 7.71. The molecule has 3 fully saturated rings. The molecule has 46 heavy (non-hydrogen) atoms. The molecule has 8 nitrogen and oxygen atoms in total. The first-order valence-corrected chi connectivity index (χ1v) is 16.4. The summed E-state index contributed by atoms with van der Waals surface area (Å²) in [5.41, 5.74) is 5.52. The van der Waals surface area contributed by atoms with Crippen molar-refractivity contribution >= 4 is 54.7 Å². The minimum absolute atomic E-state index is 0.0150. The Labute approximate surface area is 272 Å². The van der Waals surface area contributed by atoms with Gasteiger partial charge in [-0.25, -0.2) is 13.2 Å². The Bertz CT molecular complexity index is 1990. The summed E-state index contributed by atoms with van der Waals surface area (Å²) in [7, 11) is 0. The van der Waals surface area contributed by atoms with Crippen LogP contribution in [0.3, 0.4) is 0 Å². The maximum absolute atomic E-state index is 16.9. The summed E-state index contributed by atoms with van der Waals surface area (Å²) in [4.78, 5) is 13.4. The first kappa shape index (κ1) is 31.0. The monoisotopic (exact) mass is 668 g/mol. The smallest absolute Gasteiger partial charge is 0.319 e. The highest BCUT2D eigenvalue weighted by atomic mass is 35.5. The third-order valence-electron chi connectivity index (χ3n) is 9.64. The number of rotatable bonds is 5. The second kappa shape index (κ2) is 11.3. The average molecular weight is 669 g/mol. The van der Waals surface area contributed by atoms with Gasteiger partial charge in [0.25, 0.3) is 0 Å². The van der Waals surface area contributed by atoms with Crippen molar-refractivity contribution in [2.24, 2.45) is 0 Å². The number of fused-ring (bicyclic) bond motifs is 3. The predicted octanol–water partition coefficient (Wildman–Crippen LogP) is 7.11. The SMILES string of the molecule is C/C(F)=C1\CN2CCCC2(COc2nc(N3CCC[C@@](C)(O)C3)c3cc(Cl)c(-c4ccc(F)c5sc(N)c(C#N)c45)c(F)c3n2)C1. The van der Waals surface area contributed by atoms with E-state index in [1.54, 1.807) is 13.0 Å². The van der Waals surface area contributed by atoms with E-state index in [0.717, 1.165) is 36.3 Å². The number of allylic oxidation sites excluding steroid dienone is 1. The maximum Gasteiger partial charge on any atom is 0.319 e. The highest BCUT2D eigenvalue weighted by molar-refractivity contribution is 7.23. The fourth-order valence-corrected chi connectivity index (χ4v) is 8.63. The van der Waals surface area contributed by atoms with Crippen molar-refractivity contribution in [2.45, 2.75) is 57.1 Å². The number of hydrogen-bond donors (Lipinski definition) is 2. The highest BCUT2D eigenvalue weighted by Gasteiger charge is 2.48. The van der Waals surface area contributed by atoms with E-state index in [1.165, 1.54) is 19.1 Å². The molecule has 0 aliphatic carbocycles. The van der Waals surface area contributed by atoms with Gasteiger partial charge in [-0.05, 0) is 75.8 Å². The Hall–Kier alpha value is -3.63. The topological polar surface area (TPSA) is 112 Å². The molecule has 4 aromatic rings. The molecule has 7 rings (SSSR count). The molecule has 3 N–H and O–H groups in total. The number of halogens is 4. The largest absolute Gasteiger partial charge is 0.461 e. The van der Waals surface area contributed by atoms with Gasteiger partial charge < -0.3 is 20.5 Å². The minimum atomic E-state index is -0.995. The summed E-state index contributed by atoms with van der Waals surface area (Å²) in [5.74, 6) is -1.19. The lowest BCUT2D eigenvalue weighted by atomic mass is 9.93. The Morgan fingerprint density at radius 1 is 1.24 bits per heavy atom. The van der Waals surface area contributed by atoms with E-state index in [4.69, 9.17) is 27.1 Å². The fraction of sp³-hybridized carbons (Fsp3) is 0.424. The second-order valence-corrected chi connectivity index (χ2v) is 14.4. The Balaban J connectivity index is 1.39. The number of aliphatic hydroxyl groups is 1. The molecule has 2 aromatic carbocycles. The number of nitrogens with zero attached hydrogens (tertiary/aromatic N) is 5. The molecule has 3 aliphatic rings. The summed E-state index contributed by atoms with van der Waals surface area (Å²) in [6.07, 6.45) is 3.59. The van der Waals surface area contributed by atoms with E-state index < -0.39 is 22.8 Å². The highest BCUT2D eigenvalue weighted by Crippen LogP contribution is 2.47. The van der Waals surface area contributed by atoms with Crippen molar-refractivity contribution in [3.63, 3.8) is 0 Å². The molecule has 240 valence electrons. The summed E-state index contributed by atoms with van der Waals surface area (Å²) < 4.78 is 52.4. The van der Waals surface area contributed by atoms with Gasteiger partial charge in [-0.2, -0.15) is 15.2 Å². The van der Waals surface area contributed by atoms with Gasteiger partial charge in [0.1, 0.15) is 34.8 Å². The van der Waals surface area contributed by atoms with Gasteiger partial charge in [0.2, 0.25) is 0 Å². The molecule has 2 aromatic heterocycles. The Morgan fingerprint density at radius 3 is 2.76 bits per heavy atom. The minimum Gasteiger partial charge on any atom is -0.461 e. The van der Waals surface area contributed by atoms with Crippen LogP contribution in [0.15, 0.2) is 29.6 Å². The molecule has 3 aliphatic heterocycles. The van der Waals surface area contributed by atoms with E-state index in [2.05, 4.69) is 9.88 Å². The normalized spacial score (nSPS) is 24.5. The molecule has 0 saturated carbocycles. The van der Waals surface area contributed by atoms with Crippen molar-refractivity contribution in [1.29, 1.82) is 5.26 Å². The summed E-state index contributed by atoms with van der Waals surface area (Å²) in [5, 5.41) is 21.4. The lowest BCUT2D eigenvalue weighted by Crippen LogP contribution is -2.46. The zero-order chi connectivity index (χ0) is 32.5. The summed E-state index contributed by atoms with van der Waals surface area (Å²) in [6.45, 7) is 5.58. The quantitative estimate of drug-likeness (QED) is 0.232. The van der Waals surface area contributed by atoms with E-state index >= 15 is 4.39 Å². The third-order valence-corrected chi connectivity index (χ3v) is 11.0. The molecular weight excluding hydrogens is 637 g/mol. The van der Waals surface area contributed by atoms with E-state index in [-0.39, 0.29) is 67.3 Å². The van der Waals surface area contributed by atoms with Crippen LogP contribution in [0.1, 0.15) is 51.5 Å². The Kier molecular flexibility index (Phi) is 7.59. The maximum atomic E-state index is 16.9. The van der Waals surface area contributed by atoms with Gasteiger partial charge in [-0.15, -0.1) is 11.3 Å². The van der Waals surface area contributed by atoms with E-state index in [1.807, 2.05) is 11.0 Å². The number of nitriles is 1. The van der Waals surface area contributed by atoms with Crippen LogP contribution in [0.25, 0.3) is 32.1 Å². The number of anilines is 2. The van der Waals surface area contributed by atoms with Crippen molar-refractivity contribution in [3.8, 4) is 23.2 Å². The van der Waals surface area contributed by atoms with Crippen LogP contribution in [0.5, 0.6) is 6.01 Å². The van der Waals surface area contributed by atoms with Crippen LogP contribution in [-0.2, 0) is 0 Å². The molecule has 3 saturated heterocycles. The van der Waals surface area contributed by atoms with Gasteiger partial charge in [-0.3, -0.25) is 4.90 Å². The molecule has 0 spiro atoms. The zero-order valence-electron chi connectivity index (χ0n) is 25.4. The lowest BCUT2D eigenvalue weighted by molar-refractivity contribution is 0.0447. The van der Waals surface area contributed by atoms with Crippen molar-refractivity contribution in [1.82, 2.24) is 14.9 Å². The van der Waals surface area contributed by atoms with Crippen LogP contribution in [0.2, 0.25) is 5.02 Å². The number of β-amino-alcohol motifs (C(OH)–C–C–N with tert-alkyl or cyclic N) is 1. The lowest BCUT2D eigenvalue weighted by Gasteiger charge is -2.38. The summed E-state index contributed by atoms with van der Waals surface area (Å²) in [6, 6.07) is 6.10. The van der Waals surface area contributed by atoms with Crippen molar-refractivity contribution < 1.29 is 23.0 Å². The standard InChI is InChI=1S/C33H32ClF3N6O2S/c1-17(35)18-12-33(8-4-10-43(33)14-18)16-45-31-40-27-20(30(41-31)42-9-3-7-32(2,44)15-42)11-22(34)25(26(27)37)19-5-6-23(36)28-24(19)21(13-38)29(39)46-28/h5-6,11,44H,3-4,7-10,12,14-16,39H2,1-2H3/b18-17+/t32-,33?/m1/s1. The molecule has 13 heteroatoms. The number of piperidine rings is 1. The zero-order valence-corrected chi connectivity index (χ0v) is 27.0. The second-order valence-electron chi connectivity index (χ2n) is 12.9. The average Bonchev–Trinajstić information content (AvgIpc) is 3.67. The number of benzene rings is 2. The number of thiophene rings is 1.